The van der Waals surface area contributed by atoms with E-state index in [9.17, 15) is 22.8 Å². The van der Waals surface area contributed by atoms with Crippen LogP contribution in [0.25, 0.3) is 0 Å². The third kappa shape index (κ3) is 4.48. The minimum Gasteiger partial charge on any atom is -0.334 e. The monoisotopic (exact) mass is 313 g/mol. The van der Waals surface area contributed by atoms with E-state index in [1.807, 2.05) is 6.07 Å². The molecule has 1 aromatic carbocycles. The molecule has 0 saturated carbocycles. The average Bonchev–Trinajstić information content (AvgIpc) is 2.45. The Morgan fingerprint density at radius 2 is 1.86 bits per heavy atom. The molecule has 1 unspecified atom stereocenters. The molecule has 0 aliphatic carbocycles. The Hall–Kier alpha value is -2.56. The molecule has 0 saturated heterocycles. The molecule has 0 radical (unpaired) electrons. The molecule has 118 valence electrons. The number of likely N-dealkylation sites (N-methyl/N-ethyl adjacent to an activating group) is 1. The second-order valence-electron chi connectivity index (χ2n) is 4.66. The summed E-state index contributed by atoms with van der Waals surface area (Å²) in [6, 6.07) is 5.17. The zero-order valence-corrected chi connectivity index (χ0v) is 11.9. The van der Waals surface area contributed by atoms with Gasteiger partial charge in [0.25, 0.3) is 0 Å². The maximum Gasteiger partial charge on any atom is 0.416 e. The summed E-state index contributed by atoms with van der Waals surface area (Å²) in [5, 5.41) is 10.8. The van der Waals surface area contributed by atoms with Crippen molar-refractivity contribution in [2.45, 2.75) is 25.6 Å². The van der Waals surface area contributed by atoms with Gasteiger partial charge in [0.1, 0.15) is 0 Å². The van der Waals surface area contributed by atoms with Gasteiger partial charge < -0.3 is 10.2 Å². The van der Waals surface area contributed by atoms with Crippen LogP contribution in [0.5, 0.6) is 0 Å². The Kier molecular flexibility index (Phi) is 5.51. The summed E-state index contributed by atoms with van der Waals surface area (Å²) in [6.45, 7) is 1.60. The minimum atomic E-state index is -4.47. The predicted octanol–water partition coefficient (Wildman–Crippen LogP) is 2.40. The number of hydrogen-bond acceptors (Lipinski definition) is 3. The maximum absolute atomic E-state index is 12.4. The first kappa shape index (κ1) is 17.5. The number of hydrogen-bond donors (Lipinski definition) is 1. The number of halogens is 3. The molecule has 0 aromatic heterocycles. The number of nitriles is 1. The molecule has 0 heterocycles. The molecule has 1 rings (SSSR count). The summed E-state index contributed by atoms with van der Waals surface area (Å²) in [5.41, 5.74) is -0.774. The van der Waals surface area contributed by atoms with E-state index in [0.29, 0.717) is 0 Å². The van der Waals surface area contributed by atoms with Crippen LogP contribution in [0.15, 0.2) is 24.3 Å². The van der Waals surface area contributed by atoms with Gasteiger partial charge in [-0.2, -0.15) is 18.4 Å². The van der Waals surface area contributed by atoms with Gasteiger partial charge in [-0.15, -0.1) is 0 Å². The van der Waals surface area contributed by atoms with E-state index in [1.165, 1.54) is 7.05 Å². The van der Waals surface area contributed by atoms with Gasteiger partial charge in [0.2, 0.25) is 0 Å². The van der Waals surface area contributed by atoms with E-state index in [2.05, 4.69) is 5.32 Å². The first-order chi connectivity index (χ1) is 10.2. The predicted molar refractivity (Wildman–Crippen MR) is 72.5 cm³/mol. The number of carbonyl (C=O) groups excluding carboxylic acids is 2. The summed E-state index contributed by atoms with van der Waals surface area (Å²) in [6.07, 6.45) is -4.40. The lowest BCUT2D eigenvalue weighted by atomic mass is 10.2. The number of anilines is 1. The van der Waals surface area contributed by atoms with E-state index >= 15 is 0 Å². The SMILES string of the molecule is CC(CC#N)N(C)C(=O)C(=O)Nc1ccc(C(F)(F)F)cc1. The second kappa shape index (κ2) is 6.93. The third-order valence-corrected chi connectivity index (χ3v) is 3.03. The van der Waals surface area contributed by atoms with Crippen molar-refractivity contribution in [2.24, 2.45) is 0 Å². The molecule has 1 aromatic rings. The molecule has 8 heteroatoms. The first-order valence-corrected chi connectivity index (χ1v) is 6.29. The van der Waals surface area contributed by atoms with Gasteiger partial charge in [-0.1, -0.05) is 0 Å². The summed E-state index contributed by atoms with van der Waals surface area (Å²) in [4.78, 5) is 24.7. The zero-order chi connectivity index (χ0) is 16.9. The normalized spacial score (nSPS) is 12.2. The molecule has 0 spiro atoms. The number of benzene rings is 1. The van der Waals surface area contributed by atoms with Crippen LogP contribution in [-0.2, 0) is 15.8 Å². The quantitative estimate of drug-likeness (QED) is 0.871. The topological polar surface area (TPSA) is 73.2 Å². The Morgan fingerprint density at radius 3 is 2.32 bits per heavy atom. The number of carbonyl (C=O) groups is 2. The van der Waals surface area contributed by atoms with Gasteiger partial charge in [-0.3, -0.25) is 9.59 Å². The van der Waals surface area contributed by atoms with Gasteiger partial charge in [-0.25, -0.2) is 0 Å². The number of rotatable bonds is 3. The molecule has 0 bridgehead atoms. The Balaban J connectivity index is 2.73. The number of nitrogens with zero attached hydrogens (tertiary/aromatic N) is 2. The molecule has 0 aliphatic rings. The fraction of sp³-hybridized carbons (Fsp3) is 0.357. The van der Waals surface area contributed by atoms with Gasteiger partial charge in [0.15, 0.2) is 0 Å². The first-order valence-electron chi connectivity index (χ1n) is 6.29. The highest BCUT2D eigenvalue weighted by Gasteiger charge is 2.30. The van der Waals surface area contributed by atoms with Crippen LogP contribution in [0.3, 0.4) is 0 Å². The van der Waals surface area contributed by atoms with Crippen molar-refractivity contribution in [3.05, 3.63) is 29.8 Å². The minimum absolute atomic E-state index is 0.0653. The molecule has 0 aliphatic heterocycles. The average molecular weight is 313 g/mol. The van der Waals surface area contributed by atoms with Gasteiger partial charge >= 0.3 is 18.0 Å². The third-order valence-electron chi connectivity index (χ3n) is 3.03. The highest BCUT2D eigenvalue weighted by Crippen LogP contribution is 2.29. The molecule has 2 amide bonds. The lowest BCUT2D eigenvalue weighted by Gasteiger charge is -2.22. The van der Waals surface area contributed by atoms with Crippen LogP contribution >= 0.6 is 0 Å². The molecule has 1 atom stereocenters. The summed E-state index contributed by atoms with van der Waals surface area (Å²) in [5.74, 6) is -1.85. The lowest BCUT2D eigenvalue weighted by Crippen LogP contribution is -2.42. The summed E-state index contributed by atoms with van der Waals surface area (Å²) in [7, 11) is 1.37. The Labute approximate surface area is 125 Å². The number of nitrogens with one attached hydrogen (secondary N) is 1. The summed E-state index contributed by atoms with van der Waals surface area (Å²) < 4.78 is 37.2. The van der Waals surface area contributed by atoms with Crippen molar-refractivity contribution >= 4 is 17.5 Å². The van der Waals surface area contributed by atoms with E-state index in [0.717, 1.165) is 29.2 Å². The smallest absolute Gasteiger partial charge is 0.334 e. The van der Waals surface area contributed by atoms with Crippen molar-refractivity contribution in [2.75, 3.05) is 12.4 Å². The van der Waals surface area contributed by atoms with Crippen LogP contribution in [-0.4, -0.2) is 29.8 Å². The van der Waals surface area contributed by atoms with Crippen molar-refractivity contribution in [3.8, 4) is 6.07 Å². The molecule has 22 heavy (non-hydrogen) atoms. The molecular formula is C14H14F3N3O2. The van der Waals surface area contributed by atoms with Crippen molar-refractivity contribution in [1.82, 2.24) is 4.90 Å². The standard InChI is InChI=1S/C14H14F3N3O2/c1-9(7-8-18)20(2)13(22)12(21)19-11-5-3-10(4-6-11)14(15,16)17/h3-6,9H,7H2,1-2H3,(H,19,21). The van der Waals surface area contributed by atoms with Crippen molar-refractivity contribution in [1.29, 1.82) is 5.26 Å². The highest BCUT2D eigenvalue weighted by atomic mass is 19.4. The fourth-order valence-corrected chi connectivity index (χ4v) is 1.56. The van der Waals surface area contributed by atoms with Crippen LogP contribution in [0.1, 0.15) is 18.9 Å². The molecule has 1 N–H and O–H groups in total. The van der Waals surface area contributed by atoms with Crippen LogP contribution in [0.4, 0.5) is 18.9 Å². The van der Waals surface area contributed by atoms with E-state index in [4.69, 9.17) is 5.26 Å². The van der Waals surface area contributed by atoms with Gasteiger partial charge in [-0.05, 0) is 31.2 Å². The van der Waals surface area contributed by atoms with E-state index in [1.54, 1.807) is 6.92 Å². The Morgan fingerprint density at radius 1 is 1.32 bits per heavy atom. The highest BCUT2D eigenvalue weighted by molar-refractivity contribution is 6.39. The van der Waals surface area contributed by atoms with Gasteiger partial charge in [0, 0.05) is 18.8 Å². The maximum atomic E-state index is 12.4. The molecule has 0 fully saturated rings. The van der Waals surface area contributed by atoms with E-state index in [-0.39, 0.29) is 12.1 Å². The number of amides is 2. The largest absolute Gasteiger partial charge is 0.416 e. The number of alkyl halides is 3. The van der Waals surface area contributed by atoms with Crippen molar-refractivity contribution < 1.29 is 22.8 Å². The molecular weight excluding hydrogens is 299 g/mol. The summed E-state index contributed by atoms with van der Waals surface area (Å²) >= 11 is 0. The fourth-order valence-electron chi connectivity index (χ4n) is 1.56. The van der Waals surface area contributed by atoms with Crippen LogP contribution in [0, 0.1) is 11.3 Å². The van der Waals surface area contributed by atoms with E-state index < -0.39 is 29.6 Å². The molecule has 5 nitrogen and oxygen atoms in total. The lowest BCUT2D eigenvalue weighted by molar-refractivity contribution is -0.143. The second-order valence-corrected chi connectivity index (χ2v) is 4.66. The Bertz CT molecular complexity index is 591. The van der Waals surface area contributed by atoms with Crippen molar-refractivity contribution in [3.63, 3.8) is 0 Å². The zero-order valence-electron chi connectivity index (χ0n) is 11.9. The van der Waals surface area contributed by atoms with Gasteiger partial charge in [0.05, 0.1) is 18.1 Å². The van der Waals surface area contributed by atoms with Crippen LogP contribution in [0.2, 0.25) is 0 Å². The van der Waals surface area contributed by atoms with Crippen LogP contribution < -0.4 is 5.32 Å².